The average Bonchev–Trinajstić information content (AvgIpc) is 3.96. The van der Waals surface area contributed by atoms with Gasteiger partial charge in [-0.05, 0) is 87.7 Å². The molecule has 4 amide bonds. The van der Waals surface area contributed by atoms with Gasteiger partial charge in [-0.2, -0.15) is 20.1 Å². The summed E-state index contributed by atoms with van der Waals surface area (Å²) >= 11 is 0. The van der Waals surface area contributed by atoms with Gasteiger partial charge in [-0.25, -0.2) is 9.37 Å². The number of fused-ring (bicyclic) bond motifs is 1. The molecule has 0 saturated carbocycles. The Morgan fingerprint density at radius 3 is 2.43 bits per heavy atom. The van der Waals surface area contributed by atoms with Gasteiger partial charge >= 0.3 is 0 Å². The van der Waals surface area contributed by atoms with E-state index in [1.165, 1.54) is 16.9 Å². The highest BCUT2D eigenvalue weighted by Crippen LogP contribution is 2.35. The van der Waals surface area contributed by atoms with Gasteiger partial charge in [0.15, 0.2) is 11.6 Å². The Bertz CT molecular complexity index is 2400. The summed E-state index contributed by atoms with van der Waals surface area (Å²) in [5.41, 5.74) is 10.5. The molecule has 5 aromatic rings. The van der Waals surface area contributed by atoms with Crippen molar-refractivity contribution < 1.29 is 28.3 Å². The van der Waals surface area contributed by atoms with Crippen molar-refractivity contribution in [3.63, 3.8) is 0 Å². The van der Waals surface area contributed by atoms with Crippen LogP contribution in [0.1, 0.15) is 65.0 Å². The number of piperidine rings is 2. The first-order valence-corrected chi connectivity index (χ1v) is 19.5. The molecule has 3 aromatic heterocycles. The van der Waals surface area contributed by atoms with Crippen molar-refractivity contribution >= 4 is 35.1 Å². The Balaban J connectivity index is 0.755. The first kappa shape index (κ1) is 37.1. The van der Waals surface area contributed by atoms with E-state index in [0.29, 0.717) is 40.0 Å². The molecule has 3 fully saturated rings. The molecule has 16 nitrogen and oxygen atoms in total. The summed E-state index contributed by atoms with van der Waals surface area (Å²) in [7, 11) is 0. The molecular weight excluding hydrogens is 746 g/mol. The van der Waals surface area contributed by atoms with Gasteiger partial charge in [-0.3, -0.25) is 34.1 Å². The molecule has 58 heavy (non-hydrogen) atoms. The molecule has 17 heteroatoms. The molecule has 4 aliphatic rings. The second-order valence-electron chi connectivity index (χ2n) is 15.5. The Hall–Kier alpha value is -6.49. The number of benzene rings is 2. The molecule has 2 aromatic carbocycles. The molecule has 0 aliphatic carbocycles. The minimum absolute atomic E-state index is 0.0887. The van der Waals surface area contributed by atoms with Crippen molar-refractivity contribution in [1.29, 1.82) is 0 Å². The van der Waals surface area contributed by atoms with Crippen molar-refractivity contribution in [3.05, 3.63) is 96.0 Å². The van der Waals surface area contributed by atoms with Crippen molar-refractivity contribution in [2.45, 2.75) is 51.3 Å². The second-order valence-corrected chi connectivity index (χ2v) is 15.5. The third-order valence-corrected chi connectivity index (χ3v) is 11.6. The van der Waals surface area contributed by atoms with E-state index >= 15 is 0 Å². The molecule has 0 bridgehead atoms. The number of carbonyl (C=O) groups is 4. The molecular formula is C41H42FN11O5. The maximum atomic E-state index is 14.3. The number of likely N-dealkylation sites (tertiary alicyclic amines) is 1. The van der Waals surface area contributed by atoms with Crippen molar-refractivity contribution in [1.82, 2.24) is 44.9 Å². The summed E-state index contributed by atoms with van der Waals surface area (Å²) in [5.74, 6) is -0.816. The van der Waals surface area contributed by atoms with Crippen LogP contribution in [0.2, 0.25) is 0 Å². The van der Waals surface area contributed by atoms with E-state index in [1.807, 2.05) is 36.1 Å². The Morgan fingerprint density at radius 2 is 1.66 bits per heavy atom. The quantitative estimate of drug-likeness (QED) is 0.186. The third kappa shape index (κ3) is 7.17. The number of nitrogens with one attached hydrogen (secondary N) is 1. The fraction of sp³-hybridized carbons (Fsp3) is 0.366. The molecule has 298 valence electrons. The molecule has 3 saturated heterocycles. The van der Waals surface area contributed by atoms with Crippen LogP contribution in [0.15, 0.2) is 73.4 Å². The van der Waals surface area contributed by atoms with Crippen LogP contribution < -0.4 is 20.7 Å². The van der Waals surface area contributed by atoms with Crippen LogP contribution in [-0.2, 0) is 16.1 Å². The normalized spacial score (nSPS) is 19.7. The van der Waals surface area contributed by atoms with Crippen molar-refractivity contribution in [3.8, 4) is 22.6 Å². The van der Waals surface area contributed by atoms with Gasteiger partial charge in [0.25, 0.3) is 11.8 Å². The first-order chi connectivity index (χ1) is 28.1. The summed E-state index contributed by atoms with van der Waals surface area (Å²) in [6, 6.07) is 10.5. The first-order valence-electron chi connectivity index (χ1n) is 19.5. The van der Waals surface area contributed by atoms with Gasteiger partial charge in [0.05, 0.1) is 35.4 Å². The molecule has 1 unspecified atom stereocenters. The van der Waals surface area contributed by atoms with Crippen molar-refractivity contribution in [2.75, 3.05) is 43.4 Å². The number of carbonyl (C=O) groups excluding carboxylic acids is 4. The van der Waals surface area contributed by atoms with Crippen LogP contribution >= 0.6 is 0 Å². The zero-order valence-electron chi connectivity index (χ0n) is 31.8. The number of nitrogens with zero attached hydrogens (tertiary/aromatic N) is 9. The zero-order valence-corrected chi connectivity index (χ0v) is 31.8. The lowest BCUT2D eigenvalue weighted by molar-refractivity contribution is -0.136. The average molecular weight is 788 g/mol. The number of ether oxygens (including phenoxy) is 1. The summed E-state index contributed by atoms with van der Waals surface area (Å²) < 4.78 is 22.5. The number of imide groups is 2. The molecule has 0 spiro atoms. The number of rotatable bonds is 11. The summed E-state index contributed by atoms with van der Waals surface area (Å²) in [6.07, 6.45) is 10.4. The molecule has 3 N–H and O–H groups in total. The van der Waals surface area contributed by atoms with E-state index < -0.39 is 41.6 Å². The maximum Gasteiger partial charge on any atom is 0.262 e. The minimum Gasteiger partial charge on any atom is -0.482 e. The standard InChI is InChI=1S/C41H42FN11O5/c1-24(32-15-29(42)2-5-34(32)53-45-10-11-46-53)58-36-14-27(17-44-38(36)43)28-18-47-51(23-28)22-25-8-12-49(13-9-25)19-26-20-50(21-26)30-3-4-31-33(16-30)41(57)52(40(31)56)35-6-7-37(54)48-39(35)55/h2-5,10-11,14-18,23-26,35H,6-9,12-13,19-22H2,1H3,(H2,43,44)(H,48,54,55)/t24-,35?/m0/s1. The SMILES string of the molecule is C[C@H](Oc1cc(-c2cnn(CC3CCN(CC4CN(c5ccc6c(c5)C(=O)N(C5CCC(=O)NC5=O)C6=O)C4)CC3)c2)cnc1N)c1cc(F)ccc1-n1nccn1. The van der Waals surface area contributed by atoms with E-state index in [1.54, 1.807) is 36.8 Å². The van der Waals surface area contributed by atoms with Crippen LogP contribution in [0, 0.1) is 17.7 Å². The summed E-state index contributed by atoms with van der Waals surface area (Å²) in [5, 5.41) is 15.3. The third-order valence-electron chi connectivity index (χ3n) is 11.6. The number of hydrogen-bond acceptors (Lipinski definition) is 12. The molecule has 0 radical (unpaired) electrons. The van der Waals surface area contributed by atoms with Crippen LogP contribution in [0.5, 0.6) is 5.75 Å². The Labute approximate surface area is 332 Å². The predicted molar refractivity (Wildman–Crippen MR) is 208 cm³/mol. The largest absolute Gasteiger partial charge is 0.482 e. The second kappa shape index (κ2) is 15.1. The number of anilines is 2. The fourth-order valence-electron chi connectivity index (χ4n) is 8.48. The van der Waals surface area contributed by atoms with Crippen LogP contribution in [0.4, 0.5) is 15.9 Å². The number of amides is 4. The monoisotopic (exact) mass is 787 g/mol. The minimum atomic E-state index is -0.975. The topological polar surface area (TPSA) is 187 Å². The Kier molecular flexibility index (Phi) is 9.67. The molecule has 9 rings (SSSR count). The van der Waals surface area contributed by atoms with Gasteiger partial charge in [0, 0.05) is 73.3 Å². The van der Waals surface area contributed by atoms with Crippen LogP contribution in [0.3, 0.4) is 0 Å². The van der Waals surface area contributed by atoms with E-state index in [4.69, 9.17) is 10.5 Å². The number of nitrogen functional groups attached to an aromatic ring is 1. The van der Waals surface area contributed by atoms with Crippen LogP contribution in [-0.4, -0.2) is 102 Å². The predicted octanol–water partition coefficient (Wildman–Crippen LogP) is 3.64. The van der Waals surface area contributed by atoms with Gasteiger partial charge in [-0.15, -0.1) is 0 Å². The number of nitrogens with two attached hydrogens (primary N) is 1. The highest BCUT2D eigenvalue weighted by Gasteiger charge is 2.45. The van der Waals surface area contributed by atoms with E-state index in [9.17, 15) is 23.6 Å². The Morgan fingerprint density at radius 1 is 0.879 bits per heavy atom. The summed E-state index contributed by atoms with van der Waals surface area (Å²) in [6.45, 7) is 7.33. The zero-order chi connectivity index (χ0) is 40.1. The van der Waals surface area contributed by atoms with E-state index in [0.717, 1.165) is 73.8 Å². The number of hydrogen-bond donors (Lipinski definition) is 2. The van der Waals surface area contributed by atoms with Gasteiger partial charge in [0.2, 0.25) is 11.8 Å². The lowest BCUT2D eigenvalue weighted by atomic mass is 9.93. The maximum absolute atomic E-state index is 14.3. The smallest absolute Gasteiger partial charge is 0.262 e. The number of halogens is 1. The molecule has 7 heterocycles. The fourth-order valence-corrected chi connectivity index (χ4v) is 8.48. The lowest BCUT2D eigenvalue weighted by Gasteiger charge is -2.44. The van der Waals surface area contributed by atoms with Gasteiger partial charge in [-0.1, -0.05) is 0 Å². The number of pyridine rings is 1. The molecule has 4 aliphatic heterocycles. The van der Waals surface area contributed by atoms with Gasteiger partial charge in [0.1, 0.15) is 18.0 Å². The van der Waals surface area contributed by atoms with Crippen molar-refractivity contribution in [2.24, 2.45) is 11.8 Å². The number of aromatic nitrogens is 6. The molecule has 2 atom stereocenters. The van der Waals surface area contributed by atoms with E-state index in [-0.39, 0.29) is 18.7 Å². The van der Waals surface area contributed by atoms with Gasteiger partial charge < -0.3 is 20.3 Å². The summed E-state index contributed by atoms with van der Waals surface area (Å²) in [4.78, 5) is 61.9. The highest BCUT2D eigenvalue weighted by atomic mass is 19.1. The lowest BCUT2D eigenvalue weighted by Crippen LogP contribution is -2.54. The highest BCUT2D eigenvalue weighted by molar-refractivity contribution is 6.23. The van der Waals surface area contributed by atoms with E-state index in [2.05, 4.69) is 35.4 Å². The van der Waals surface area contributed by atoms with Crippen LogP contribution in [0.25, 0.3) is 16.8 Å².